The van der Waals surface area contributed by atoms with Gasteiger partial charge in [-0.2, -0.15) is 0 Å². The van der Waals surface area contributed by atoms with Crippen molar-refractivity contribution < 1.29 is 15.0 Å². The van der Waals surface area contributed by atoms with Crippen LogP contribution in [0.25, 0.3) is 0 Å². The van der Waals surface area contributed by atoms with Crippen molar-refractivity contribution in [3.05, 3.63) is 85.1 Å². The number of rotatable bonds is 27. The maximum atomic E-state index is 12.2. The normalized spacial score (nSPS) is 14.3. The van der Waals surface area contributed by atoms with E-state index in [1.807, 2.05) is 6.08 Å². The molecule has 0 aliphatic rings. The molecular formula is C37H61NO3. The van der Waals surface area contributed by atoms with Gasteiger partial charge in [-0.05, 0) is 77.0 Å². The van der Waals surface area contributed by atoms with Crippen LogP contribution in [-0.4, -0.2) is 34.9 Å². The van der Waals surface area contributed by atoms with Crippen LogP contribution in [0.2, 0.25) is 0 Å². The molecule has 4 heteroatoms. The van der Waals surface area contributed by atoms with Crippen molar-refractivity contribution in [2.24, 2.45) is 0 Å². The Labute approximate surface area is 252 Å². The molecule has 232 valence electrons. The van der Waals surface area contributed by atoms with Gasteiger partial charge in [-0.25, -0.2) is 0 Å². The van der Waals surface area contributed by atoms with Crippen molar-refractivity contribution in [3.63, 3.8) is 0 Å². The lowest BCUT2D eigenvalue weighted by molar-refractivity contribution is -0.123. The SMILES string of the molecule is CC/C=C\C/C=C\C/C=C\C/C=C\C/C=C\CCCCCC(=O)NC(CO)C(O)/C=C/CC/C=C/CCCCCC. The zero-order valence-corrected chi connectivity index (χ0v) is 26.3. The first kappa shape index (κ1) is 38.6. The standard InChI is InChI=1S/C37H61NO3/c1-3-5-7-9-11-13-15-16-17-18-19-20-21-22-23-25-27-29-31-33-37(41)38-35(34-39)36(40)32-30-28-26-24-14-12-10-8-6-4-2/h5,7,11,13-14,16-17,19-20,22-24,30,32,35-36,39-40H,3-4,6,8-10,12,15,18,21,25-29,31,33-34H2,1-2H3,(H,38,41)/b7-5-,13-11-,17-16-,20-19-,23-22-,24-14+,32-30+. The Morgan fingerprint density at radius 2 is 1.10 bits per heavy atom. The van der Waals surface area contributed by atoms with Gasteiger partial charge in [0.05, 0.1) is 18.8 Å². The average molecular weight is 568 g/mol. The molecule has 0 fully saturated rings. The number of aliphatic hydroxyl groups excluding tert-OH is 2. The number of hydrogen-bond acceptors (Lipinski definition) is 3. The van der Waals surface area contributed by atoms with Crippen molar-refractivity contribution in [3.8, 4) is 0 Å². The number of unbranched alkanes of at least 4 members (excludes halogenated alkanes) is 8. The smallest absolute Gasteiger partial charge is 0.220 e. The van der Waals surface area contributed by atoms with Crippen LogP contribution in [0, 0.1) is 0 Å². The number of amides is 1. The summed E-state index contributed by atoms with van der Waals surface area (Å²) in [6.07, 6.45) is 46.6. The van der Waals surface area contributed by atoms with Crippen molar-refractivity contribution in [2.75, 3.05) is 6.61 Å². The zero-order valence-electron chi connectivity index (χ0n) is 26.3. The van der Waals surface area contributed by atoms with Crippen LogP contribution < -0.4 is 5.32 Å². The number of hydrogen-bond donors (Lipinski definition) is 3. The molecule has 2 atom stereocenters. The van der Waals surface area contributed by atoms with E-state index in [9.17, 15) is 15.0 Å². The molecule has 2 unspecified atom stereocenters. The lowest BCUT2D eigenvalue weighted by Crippen LogP contribution is -2.45. The second-order valence-electron chi connectivity index (χ2n) is 10.5. The summed E-state index contributed by atoms with van der Waals surface area (Å²) >= 11 is 0. The second-order valence-corrected chi connectivity index (χ2v) is 10.5. The largest absolute Gasteiger partial charge is 0.394 e. The molecule has 0 bridgehead atoms. The van der Waals surface area contributed by atoms with Crippen molar-refractivity contribution in [1.82, 2.24) is 5.32 Å². The van der Waals surface area contributed by atoms with Crippen molar-refractivity contribution in [2.45, 2.75) is 135 Å². The van der Waals surface area contributed by atoms with Crippen molar-refractivity contribution >= 4 is 5.91 Å². The van der Waals surface area contributed by atoms with Crippen LogP contribution in [0.1, 0.15) is 123 Å². The summed E-state index contributed by atoms with van der Waals surface area (Å²) in [6.45, 7) is 4.09. The molecule has 0 aliphatic carbocycles. The van der Waals surface area contributed by atoms with Crippen LogP contribution in [0.5, 0.6) is 0 Å². The summed E-state index contributed by atoms with van der Waals surface area (Å²) in [6, 6.07) is -0.658. The third kappa shape index (κ3) is 28.9. The molecule has 0 aromatic carbocycles. The molecule has 0 aromatic heterocycles. The van der Waals surface area contributed by atoms with E-state index in [0.29, 0.717) is 6.42 Å². The molecule has 0 saturated heterocycles. The van der Waals surface area contributed by atoms with Gasteiger partial charge in [-0.15, -0.1) is 0 Å². The van der Waals surface area contributed by atoms with E-state index in [2.05, 4.69) is 92.1 Å². The Morgan fingerprint density at radius 3 is 1.66 bits per heavy atom. The predicted octanol–water partition coefficient (Wildman–Crippen LogP) is 9.39. The molecule has 0 rings (SSSR count). The van der Waals surface area contributed by atoms with Gasteiger partial charge in [0.15, 0.2) is 0 Å². The molecule has 0 heterocycles. The lowest BCUT2D eigenvalue weighted by Gasteiger charge is -2.19. The van der Waals surface area contributed by atoms with Gasteiger partial charge in [0.1, 0.15) is 0 Å². The Hall–Kier alpha value is -2.43. The Balaban J connectivity index is 3.82. The third-order valence-electron chi connectivity index (χ3n) is 6.61. The number of carbonyl (C=O) groups excluding carboxylic acids is 1. The highest BCUT2D eigenvalue weighted by molar-refractivity contribution is 5.76. The van der Waals surface area contributed by atoms with E-state index < -0.39 is 12.1 Å². The molecule has 3 N–H and O–H groups in total. The van der Waals surface area contributed by atoms with E-state index in [0.717, 1.165) is 77.0 Å². The van der Waals surface area contributed by atoms with Gasteiger partial charge in [-0.1, -0.05) is 125 Å². The van der Waals surface area contributed by atoms with Gasteiger partial charge >= 0.3 is 0 Å². The van der Waals surface area contributed by atoms with E-state index in [1.165, 1.54) is 25.7 Å². The molecule has 0 spiro atoms. The molecule has 0 radical (unpaired) electrons. The molecule has 0 aliphatic heterocycles. The molecule has 1 amide bonds. The van der Waals surface area contributed by atoms with Gasteiger partial charge in [0.2, 0.25) is 5.91 Å². The number of carbonyl (C=O) groups is 1. The number of allylic oxidation sites excluding steroid dienone is 13. The summed E-state index contributed by atoms with van der Waals surface area (Å²) in [4.78, 5) is 12.2. The summed E-state index contributed by atoms with van der Waals surface area (Å²) in [5.41, 5.74) is 0. The van der Waals surface area contributed by atoms with Gasteiger partial charge < -0.3 is 15.5 Å². The first-order valence-electron chi connectivity index (χ1n) is 16.3. The Bertz CT molecular complexity index is 788. The highest BCUT2D eigenvalue weighted by Crippen LogP contribution is 2.07. The molecule has 0 saturated carbocycles. The van der Waals surface area contributed by atoms with Crippen LogP contribution in [0.3, 0.4) is 0 Å². The van der Waals surface area contributed by atoms with Crippen molar-refractivity contribution in [1.29, 1.82) is 0 Å². The lowest BCUT2D eigenvalue weighted by atomic mass is 10.1. The topological polar surface area (TPSA) is 69.6 Å². The number of nitrogens with one attached hydrogen (secondary N) is 1. The summed E-state index contributed by atoms with van der Waals surface area (Å²) in [7, 11) is 0. The molecule has 41 heavy (non-hydrogen) atoms. The maximum absolute atomic E-state index is 12.2. The van der Waals surface area contributed by atoms with Gasteiger partial charge in [-0.3, -0.25) is 4.79 Å². The minimum atomic E-state index is -0.877. The van der Waals surface area contributed by atoms with Crippen LogP contribution in [-0.2, 0) is 4.79 Å². The fourth-order valence-electron chi connectivity index (χ4n) is 4.10. The molecular weight excluding hydrogens is 506 g/mol. The maximum Gasteiger partial charge on any atom is 0.220 e. The van der Waals surface area contributed by atoms with Crippen LogP contribution in [0.15, 0.2) is 85.1 Å². The second kappa shape index (κ2) is 32.1. The highest BCUT2D eigenvalue weighted by atomic mass is 16.3. The summed E-state index contributed by atoms with van der Waals surface area (Å²) < 4.78 is 0. The van der Waals surface area contributed by atoms with E-state index in [-0.39, 0.29) is 12.5 Å². The predicted molar refractivity (Wildman–Crippen MR) is 179 cm³/mol. The van der Waals surface area contributed by atoms with Crippen LogP contribution in [0.4, 0.5) is 0 Å². The first-order chi connectivity index (χ1) is 20.2. The van der Waals surface area contributed by atoms with Gasteiger partial charge in [0.25, 0.3) is 0 Å². The zero-order chi connectivity index (χ0) is 30.1. The molecule has 4 nitrogen and oxygen atoms in total. The minimum absolute atomic E-state index is 0.114. The van der Waals surface area contributed by atoms with E-state index >= 15 is 0 Å². The minimum Gasteiger partial charge on any atom is -0.394 e. The number of aliphatic hydroxyl groups is 2. The first-order valence-corrected chi connectivity index (χ1v) is 16.3. The quantitative estimate of drug-likeness (QED) is 0.0684. The Kier molecular flexibility index (Phi) is 30.2. The Morgan fingerprint density at radius 1 is 0.610 bits per heavy atom. The monoisotopic (exact) mass is 567 g/mol. The van der Waals surface area contributed by atoms with E-state index in [4.69, 9.17) is 0 Å². The van der Waals surface area contributed by atoms with E-state index in [1.54, 1.807) is 6.08 Å². The fourth-order valence-corrected chi connectivity index (χ4v) is 4.10. The fraction of sp³-hybridized carbons (Fsp3) is 0.595. The average Bonchev–Trinajstić information content (AvgIpc) is 2.97. The molecule has 0 aromatic rings. The third-order valence-corrected chi connectivity index (χ3v) is 6.61. The van der Waals surface area contributed by atoms with Gasteiger partial charge in [0, 0.05) is 6.42 Å². The summed E-state index contributed by atoms with van der Waals surface area (Å²) in [5, 5.41) is 22.7. The van der Waals surface area contributed by atoms with Crippen LogP contribution >= 0.6 is 0 Å². The highest BCUT2D eigenvalue weighted by Gasteiger charge is 2.17. The summed E-state index contributed by atoms with van der Waals surface area (Å²) in [5.74, 6) is -0.114.